The summed E-state index contributed by atoms with van der Waals surface area (Å²) in [6, 6.07) is 13.9. The first kappa shape index (κ1) is 25.0. The zero-order valence-electron chi connectivity index (χ0n) is 20.8. The first-order valence-corrected chi connectivity index (χ1v) is 12.0. The number of hydrogen-bond donors (Lipinski definition) is 3. The molecule has 0 saturated heterocycles. The van der Waals surface area contributed by atoms with Crippen molar-refractivity contribution >= 4 is 17.7 Å². The van der Waals surface area contributed by atoms with E-state index in [4.69, 9.17) is 9.47 Å². The van der Waals surface area contributed by atoms with E-state index in [0.29, 0.717) is 30.9 Å². The van der Waals surface area contributed by atoms with Crippen LogP contribution in [0.25, 0.3) is 0 Å². The molecular weight excluding hydrogens is 458 g/mol. The predicted molar refractivity (Wildman–Crippen MR) is 137 cm³/mol. The normalized spacial score (nSPS) is 13.1. The van der Waals surface area contributed by atoms with Crippen LogP contribution in [0, 0.1) is 20.8 Å². The summed E-state index contributed by atoms with van der Waals surface area (Å²) in [7, 11) is 0. The second kappa shape index (κ2) is 11.1. The first-order chi connectivity index (χ1) is 17.3. The summed E-state index contributed by atoms with van der Waals surface area (Å²) in [5.74, 6) is 0.746. The van der Waals surface area contributed by atoms with E-state index in [0.717, 1.165) is 46.1 Å². The number of ether oxygens (including phenoxy) is 2. The Morgan fingerprint density at radius 2 is 1.83 bits per heavy atom. The van der Waals surface area contributed by atoms with Crippen LogP contribution in [0.5, 0.6) is 11.5 Å². The fourth-order valence-corrected chi connectivity index (χ4v) is 4.40. The van der Waals surface area contributed by atoms with Crippen molar-refractivity contribution in [3.8, 4) is 11.5 Å². The molecule has 1 aromatic heterocycles. The number of carbonyl (C=O) groups excluding carboxylic acids is 1. The van der Waals surface area contributed by atoms with Crippen LogP contribution < -0.4 is 20.1 Å². The Kier molecular flexibility index (Phi) is 7.73. The summed E-state index contributed by atoms with van der Waals surface area (Å²) < 4.78 is 11.4. The number of rotatable bonds is 9. The fraction of sp³-hybridized carbons (Fsp3) is 0.321. The van der Waals surface area contributed by atoms with Gasteiger partial charge in [-0.3, -0.25) is 4.79 Å². The van der Waals surface area contributed by atoms with Gasteiger partial charge in [0, 0.05) is 24.1 Å². The van der Waals surface area contributed by atoms with Crippen molar-refractivity contribution in [1.82, 2.24) is 10.3 Å². The summed E-state index contributed by atoms with van der Waals surface area (Å²) in [5, 5.41) is 15.6. The number of anilines is 1. The third-order valence-electron chi connectivity index (χ3n) is 6.07. The molecule has 0 fully saturated rings. The summed E-state index contributed by atoms with van der Waals surface area (Å²) in [6.45, 7) is 7.51. The van der Waals surface area contributed by atoms with Gasteiger partial charge in [-0.05, 0) is 61.7 Å². The monoisotopic (exact) mass is 489 g/mol. The average molecular weight is 490 g/mol. The molecule has 0 radical (unpaired) electrons. The molecule has 1 amide bonds. The van der Waals surface area contributed by atoms with Gasteiger partial charge in [0.25, 0.3) is 5.91 Å². The number of amides is 1. The smallest absolute Gasteiger partial charge is 0.326 e. The maximum Gasteiger partial charge on any atom is 0.326 e. The number of nitrogens with zero attached hydrogens (tertiary/aromatic N) is 1. The Bertz CT molecular complexity index is 1230. The molecule has 8 heteroatoms. The van der Waals surface area contributed by atoms with Gasteiger partial charge < -0.3 is 25.2 Å². The first-order valence-electron chi connectivity index (χ1n) is 12.0. The minimum atomic E-state index is -1.08. The molecule has 3 N–H and O–H groups in total. The molecule has 1 atom stereocenters. The van der Waals surface area contributed by atoms with E-state index in [2.05, 4.69) is 15.6 Å². The highest BCUT2D eigenvalue weighted by molar-refractivity contribution is 5.99. The number of carboxylic acid groups (broad SMARTS) is 1. The van der Waals surface area contributed by atoms with Gasteiger partial charge in [-0.15, -0.1) is 0 Å². The largest absolute Gasteiger partial charge is 0.493 e. The Labute approximate surface area is 210 Å². The number of benzene rings is 2. The van der Waals surface area contributed by atoms with Crippen LogP contribution in [-0.2, 0) is 17.6 Å². The van der Waals surface area contributed by atoms with Crippen LogP contribution in [-0.4, -0.2) is 47.8 Å². The van der Waals surface area contributed by atoms with Crippen molar-refractivity contribution in [2.24, 2.45) is 0 Å². The number of aromatic nitrogens is 1. The van der Waals surface area contributed by atoms with Crippen LogP contribution in [0.3, 0.4) is 0 Å². The molecule has 8 nitrogen and oxygen atoms in total. The minimum Gasteiger partial charge on any atom is -0.493 e. The van der Waals surface area contributed by atoms with Gasteiger partial charge in [0.1, 0.15) is 18.4 Å². The van der Waals surface area contributed by atoms with Crippen LogP contribution in [0.4, 0.5) is 5.82 Å². The van der Waals surface area contributed by atoms with Crippen molar-refractivity contribution in [3.63, 3.8) is 0 Å². The lowest BCUT2D eigenvalue weighted by Crippen LogP contribution is -2.42. The molecular formula is C28H31N3O5. The van der Waals surface area contributed by atoms with Crippen LogP contribution >= 0.6 is 0 Å². The summed E-state index contributed by atoms with van der Waals surface area (Å²) in [4.78, 5) is 29.3. The molecule has 2 aromatic carbocycles. The van der Waals surface area contributed by atoms with E-state index in [-0.39, 0.29) is 12.3 Å². The van der Waals surface area contributed by atoms with E-state index in [9.17, 15) is 14.7 Å². The number of aryl methyl sites for hydroxylation is 3. The second-order valence-electron chi connectivity index (χ2n) is 9.01. The van der Waals surface area contributed by atoms with Crippen molar-refractivity contribution in [2.45, 2.75) is 39.7 Å². The third-order valence-corrected chi connectivity index (χ3v) is 6.07. The zero-order valence-corrected chi connectivity index (χ0v) is 20.8. The Morgan fingerprint density at radius 1 is 1.11 bits per heavy atom. The van der Waals surface area contributed by atoms with E-state index in [1.807, 2.05) is 57.2 Å². The van der Waals surface area contributed by atoms with E-state index in [1.165, 1.54) is 0 Å². The van der Waals surface area contributed by atoms with Crippen molar-refractivity contribution in [1.29, 1.82) is 0 Å². The molecule has 0 bridgehead atoms. The Hall–Kier alpha value is -4.07. The maximum atomic E-state index is 12.9. The summed E-state index contributed by atoms with van der Waals surface area (Å²) in [6.07, 6.45) is 0.807. The zero-order chi connectivity index (χ0) is 25.7. The Balaban J connectivity index is 1.32. The van der Waals surface area contributed by atoms with Gasteiger partial charge in [0.05, 0.1) is 13.2 Å². The second-order valence-corrected chi connectivity index (χ2v) is 9.01. The van der Waals surface area contributed by atoms with Gasteiger partial charge in [-0.25, -0.2) is 9.78 Å². The van der Waals surface area contributed by atoms with Gasteiger partial charge in [-0.2, -0.15) is 0 Å². The third kappa shape index (κ3) is 6.13. The number of carbonyl (C=O) groups is 2. The molecule has 4 rings (SSSR count). The van der Waals surface area contributed by atoms with Crippen molar-refractivity contribution < 1.29 is 24.2 Å². The quantitative estimate of drug-likeness (QED) is 0.419. The maximum absolute atomic E-state index is 12.9. The highest BCUT2D eigenvalue weighted by Crippen LogP contribution is 2.25. The van der Waals surface area contributed by atoms with Crippen LogP contribution in [0.1, 0.15) is 38.3 Å². The van der Waals surface area contributed by atoms with Crippen molar-refractivity contribution in [3.05, 3.63) is 82.0 Å². The number of pyridine rings is 1. The standard InChI is InChI=1S/C28H31N3O5/c1-17-14-18(2)25(19(3)15-17)27(32)31-23(28(33)34)16-20-4-7-22(8-5-20)35-12-10-21-6-9-24-26(30-21)29-11-13-36-24/h4-9,14-15,23H,10-13,16H2,1-3H3,(H,29,30)(H,31,32)(H,33,34)/t23-/m0/s1. The topological polar surface area (TPSA) is 110 Å². The lowest BCUT2D eigenvalue weighted by atomic mass is 9.98. The minimum absolute atomic E-state index is 0.166. The predicted octanol–water partition coefficient (Wildman–Crippen LogP) is 3.86. The Morgan fingerprint density at radius 3 is 2.53 bits per heavy atom. The molecule has 2 heterocycles. The highest BCUT2D eigenvalue weighted by Gasteiger charge is 2.23. The van der Waals surface area contributed by atoms with E-state index >= 15 is 0 Å². The lowest BCUT2D eigenvalue weighted by molar-refractivity contribution is -0.139. The number of fused-ring (bicyclic) bond motifs is 1. The van der Waals surface area contributed by atoms with Gasteiger partial charge >= 0.3 is 5.97 Å². The molecule has 3 aromatic rings. The van der Waals surface area contributed by atoms with Crippen LogP contribution in [0.15, 0.2) is 48.5 Å². The number of hydrogen-bond acceptors (Lipinski definition) is 6. The van der Waals surface area contributed by atoms with Gasteiger partial charge in [-0.1, -0.05) is 29.8 Å². The molecule has 0 saturated carbocycles. The fourth-order valence-electron chi connectivity index (χ4n) is 4.40. The van der Waals surface area contributed by atoms with E-state index < -0.39 is 12.0 Å². The molecule has 36 heavy (non-hydrogen) atoms. The average Bonchev–Trinajstić information content (AvgIpc) is 2.84. The van der Waals surface area contributed by atoms with Gasteiger partial charge in [0.15, 0.2) is 11.6 Å². The highest BCUT2D eigenvalue weighted by atomic mass is 16.5. The SMILES string of the molecule is Cc1cc(C)c(C(=O)N[C@@H](Cc2ccc(OCCc3ccc4c(n3)NCCO4)cc2)C(=O)O)c(C)c1. The molecule has 0 unspecified atom stereocenters. The molecule has 1 aliphatic rings. The van der Waals surface area contributed by atoms with Gasteiger partial charge in [0.2, 0.25) is 0 Å². The van der Waals surface area contributed by atoms with E-state index in [1.54, 1.807) is 12.1 Å². The molecule has 188 valence electrons. The molecule has 1 aliphatic heterocycles. The number of aliphatic carboxylic acids is 1. The molecule has 0 spiro atoms. The molecule has 0 aliphatic carbocycles. The van der Waals surface area contributed by atoms with Crippen molar-refractivity contribution in [2.75, 3.05) is 25.1 Å². The number of carboxylic acids is 1. The number of nitrogens with one attached hydrogen (secondary N) is 2. The summed E-state index contributed by atoms with van der Waals surface area (Å²) >= 11 is 0. The summed E-state index contributed by atoms with van der Waals surface area (Å²) in [5.41, 5.74) is 4.92. The van der Waals surface area contributed by atoms with Crippen LogP contribution in [0.2, 0.25) is 0 Å². The lowest BCUT2D eigenvalue weighted by Gasteiger charge is -2.18.